The maximum absolute atomic E-state index is 13.4. The van der Waals surface area contributed by atoms with Crippen LogP contribution in [0, 0.1) is 5.82 Å². The van der Waals surface area contributed by atoms with Gasteiger partial charge >= 0.3 is 0 Å². The fourth-order valence-electron chi connectivity index (χ4n) is 1.84. The lowest BCUT2D eigenvalue weighted by molar-refractivity contribution is 0.464. The standard InChI is InChI=1S/C16H16Br2FNO/c1-2-7-20-10-11-3-4-12(17)8-15(11)21-16-9-13(19)5-6-14(16)18/h3-6,8-9,20H,2,7,10H2,1H3. The second kappa shape index (κ2) is 7.92. The molecule has 2 aromatic rings. The maximum Gasteiger partial charge on any atom is 0.144 e. The summed E-state index contributed by atoms with van der Waals surface area (Å²) >= 11 is 6.81. The Hall–Kier alpha value is -0.910. The van der Waals surface area contributed by atoms with Gasteiger partial charge in [-0.05, 0) is 53.2 Å². The average molecular weight is 417 g/mol. The molecular weight excluding hydrogens is 401 g/mol. The van der Waals surface area contributed by atoms with Crippen LogP contribution in [0.3, 0.4) is 0 Å². The number of ether oxygens (including phenoxy) is 1. The minimum atomic E-state index is -0.325. The fourth-order valence-corrected chi connectivity index (χ4v) is 2.51. The predicted molar refractivity (Wildman–Crippen MR) is 90.3 cm³/mol. The summed E-state index contributed by atoms with van der Waals surface area (Å²) in [6.07, 6.45) is 1.07. The van der Waals surface area contributed by atoms with Gasteiger partial charge in [-0.1, -0.05) is 28.9 Å². The highest BCUT2D eigenvalue weighted by atomic mass is 79.9. The van der Waals surface area contributed by atoms with Crippen LogP contribution in [0.1, 0.15) is 18.9 Å². The first-order valence-corrected chi connectivity index (χ1v) is 8.31. The van der Waals surface area contributed by atoms with E-state index in [2.05, 4.69) is 44.1 Å². The van der Waals surface area contributed by atoms with Gasteiger partial charge in [-0.15, -0.1) is 0 Å². The van der Waals surface area contributed by atoms with E-state index in [-0.39, 0.29) is 5.82 Å². The van der Waals surface area contributed by atoms with Crippen molar-refractivity contribution < 1.29 is 9.13 Å². The highest BCUT2D eigenvalue weighted by Crippen LogP contribution is 2.33. The van der Waals surface area contributed by atoms with E-state index in [4.69, 9.17) is 4.74 Å². The van der Waals surface area contributed by atoms with E-state index in [0.717, 1.165) is 27.5 Å². The second-order valence-corrected chi connectivity index (χ2v) is 6.38. The van der Waals surface area contributed by atoms with E-state index in [1.54, 1.807) is 6.07 Å². The molecule has 0 spiro atoms. The van der Waals surface area contributed by atoms with Crippen molar-refractivity contribution in [3.63, 3.8) is 0 Å². The lowest BCUT2D eigenvalue weighted by atomic mass is 10.2. The van der Waals surface area contributed by atoms with E-state index in [9.17, 15) is 4.39 Å². The van der Waals surface area contributed by atoms with E-state index in [0.29, 0.717) is 18.0 Å². The highest BCUT2D eigenvalue weighted by Gasteiger charge is 2.09. The summed E-state index contributed by atoms with van der Waals surface area (Å²) in [5.74, 6) is 0.845. The molecule has 0 amide bonds. The summed E-state index contributed by atoms with van der Waals surface area (Å²) in [5.41, 5.74) is 1.03. The number of rotatable bonds is 6. The monoisotopic (exact) mass is 415 g/mol. The fraction of sp³-hybridized carbons (Fsp3) is 0.250. The van der Waals surface area contributed by atoms with Crippen LogP contribution in [0.2, 0.25) is 0 Å². The molecule has 21 heavy (non-hydrogen) atoms. The van der Waals surface area contributed by atoms with Crippen molar-refractivity contribution in [2.24, 2.45) is 0 Å². The van der Waals surface area contributed by atoms with Crippen LogP contribution in [0.15, 0.2) is 45.3 Å². The summed E-state index contributed by atoms with van der Waals surface area (Å²) in [6.45, 7) is 3.78. The molecule has 0 unspecified atom stereocenters. The second-order valence-electron chi connectivity index (χ2n) is 4.61. The van der Waals surface area contributed by atoms with Crippen molar-refractivity contribution >= 4 is 31.9 Å². The Bertz CT molecular complexity index is 619. The number of hydrogen-bond donors (Lipinski definition) is 1. The Morgan fingerprint density at radius 2 is 1.90 bits per heavy atom. The molecule has 0 aliphatic heterocycles. The van der Waals surface area contributed by atoms with Gasteiger partial charge < -0.3 is 10.1 Å². The molecule has 5 heteroatoms. The molecule has 112 valence electrons. The molecule has 0 radical (unpaired) electrons. The van der Waals surface area contributed by atoms with Crippen LogP contribution in [0.5, 0.6) is 11.5 Å². The maximum atomic E-state index is 13.4. The van der Waals surface area contributed by atoms with Crippen molar-refractivity contribution in [3.8, 4) is 11.5 Å². The molecule has 0 aromatic heterocycles. The quantitative estimate of drug-likeness (QED) is 0.615. The highest BCUT2D eigenvalue weighted by molar-refractivity contribution is 9.10. The van der Waals surface area contributed by atoms with Gasteiger partial charge in [0.1, 0.15) is 17.3 Å². The van der Waals surface area contributed by atoms with Gasteiger partial charge in [-0.2, -0.15) is 0 Å². The van der Waals surface area contributed by atoms with Gasteiger partial charge in [-0.25, -0.2) is 4.39 Å². The van der Waals surface area contributed by atoms with Gasteiger partial charge in [0, 0.05) is 22.6 Å². The van der Waals surface area contributed by atoms with Crippen LogP contribution >= 0.6 is 31.9 Å². The molecule has 0 saturated heterocycles. The number of hydrogen-bond acceptors (Lipinski definition) is 2. The van der Waals surface area contributed by atoms with Gasteiger partial charge in [0.2, 0.25) is 0 Å². The van der Waals surface area contributed by atoms with E-state index in [1.165, 1.54) is 12.1 Å². The number of halogens is 3. The zero-order valence-corrected chi connectivity index (χ0v) is 14.8. The third-order valence-corrected chi connectivity index (χ3v) is 4.03. The first kappa shape index (κ1) is 16.5. The first-order valence-electron chi connectivity index (χ1n) is 6.72. The predicted octanol–water partition coefficient (Wildman–Crippen LogP) is 5.64. The Kier molecular flexibility index (Phi) is 6.21. The van der Waals surface area contributed by atoms with Crippen molar-refractivity contribution in [2.75, 3.05) is 6.54 Å². The van der Waals surface area contributed by atoms with E-state index >= 15 is 0 Å². The molecular formula is C16H16Br2FNO. The molecule has 0 aliphatic rings. The van der Waals surface area contributed by atoms with Crippen molar-refractivity contribution in [1.82, 2.24) is 5.32 Å². The molecule has 0 bridgehead atoms. The SMILES string of the molecule is CCCNCc1ccc(Br)cc1Oc1cc(F)ccc1Br. The summed E-state index contributed by atoms with van der Waals surface area (Å²) in [5, 5.41) is 3.34. The lowest BCUT2D eigenvalue weighted by Gasteiger charge is -2.13. The Morgan fingerprint density at radius 3 is 2.67 bits per heavy atom. The first-order chi connectivity index (χ1) is 10.1. The molecule has 0 heterocycles. The van der Waals surface area contributed by atoms with Gasteiger partial charge in [0.15, 0.2) is 0 Å². The molecule has 2 aromatic carbocycles. The summed E-state index contributed by atoms with van der Waals surface area (Å²) in [6, 6.07) is 10.2. The van der Waals surface area contributed by atoms with Crippen LogP contribution in [0.4, 0.5) is 4.39 Å². The van der Waals surface area contributed by atoms with Crippen molar-refractivity contribution in [2.45, 2.75) is 19.9 Å². The summed E-state index contributed by atoms with van der Waals surface area (Å²) in [4.78, 5) is 0. The van der Waals surface area contributed by atoms with Crippen LogP contribution < -0.4 is 10.1 Å². The minimum Gasteiger partial charge on any atom is -0.456 e. The molecule has 2 rings (SSSR count). The van der Waals surface area contributed by atoms with E-state index < -0.39 is 0 Å². The molecule has 2 nitrogen and oxygen atoms in total. The Balaban J connectivity index is 2.25. The molecule has 0 atom stereocenters. The number of nitrogens with one attached hydrogen (secondary N) is 1. The van der Waals surface area contributed by atoms with Crippen LogP contribution in [-0.2, 0) is 6.54 Å². The van der Waals surface area contributed by atoms with Gasteiger partial charge in [0.05, 0.1) is 4.47 Å². The largest absolute Gasteiger partial charge is 0.456 e. The van der Waals surface area contributed by atoms with Crippen molar-refractivity contribution in [3.05, 3.63) is 56.7 Å². The van der Waals surface area contributed by atoms with Crippen LogP contribution in [-0.4, -0.2) is 6.54 Å². The lowest BCUT2D eigenvalue weighted by Crippen LogP contribution is -2.14. The van der Waals surface area contributed by atoms with Gasteiger partial charge in [-0.3, -0.25) is 0 Å². The van der Waals surface area contributed by atoms with Crippen LogP contribution in [0.25, 0.3) is 0 Å². The third-order valence-electron chi connectivity index (χ3n) is 2.88. The molecule has 0 fully saturated rings. The normalized spacial score (nSPS) is 10.7. The topological polar surface area (TPSA) is 21.3 Å². The third kappa shape index (κ3) is 4.80. The average Bonchev–Trinajstić information content (AvgIpc) is 2.45. The molecule has 0 saturated carbocycles. The van der Waals surface area contributed by atoms with Crippen molar-refractivity contribution in [1.29, 1.82) is 0 Å². The number of benzene rings is 2. The summed E-state index contributed by atoms with van der Waals surface area (Å²) in [7, 11) is 0. The zero-order valence-electron chi connectivity index (χ0n) is 11.6. The van der Waals surface area contributed by atoms with E-state index in [1.807, 2.05) is 18.2 Å². The van der Waals surface area contributed by atoms with Gasteiger partial charge in [0.25, 0.3) is 0 Å². The smallest absolute Gasteiger partial charge is 0.144 e. The Labute approximate surface area is 141 Å². The zero-order chi connectivity index (χ0) is 15.2. The molecule has 0 aliphatic carbocycles. The molecule has 1 N–H and O–H groups in total. The minimum absolute atomic E-state index is 0.325. The Morgan fingerprint density at radius 1 is 1.10 bits per heavy atom. The summed E-state index contributed by atoms with van der Waals surface area (Å²) < 4.78 is 20.9.